The Balaban J connectivity index is 1.40. The monoisotopic (exact) mass is 465 g/mol. The average molecular weight is 466 g/mol. The molecule has 2 N–H and O–H groups in total. The van der Waals surface area contributed by atoms with Crippen LogP contribution in [0.15, 0.2) is 66.7 Å². The Morgan fingerprint density at radius 3 is 2.58 bits per heavy atom. The number of aliphatic carboxylic acids is 1. The number of benzene rings is 3. The van der Waals surface area contributed by atoms with E-state index in [1.807, 2.05) is 30.3 Å². The van der Waals surface area contributed by atoms with Crippen molar-refractivity contribution >= 4 is 23.5 Å². The minimum absolute atomic E-state index is 0.163. The van der Waals surface area contributed by atoms with Crippen molar-refractivity contribution in [3.63, 3.8) is 0 Å². The molecule has 0 spiro atoms. The highest BCUT2D eigenvalue weighted by Crippen LogP contribution is 2.41. The van der Waals surface area contributed by atoms with E-state index in [2.05, 4.69) is 12.2 Å². The molecule has 1 amide bonds. The van der Waals surface area contributed by atoms with Gasteiger partial charge in [-0.1, -0.05) is 48.9 Å². The van der Waals surface area contributed by atoms with Gasteiger partial charge < -0.3 is 19.9 Å². The van der Waals surface area contributed by atoms with Crippen LogP contribution in [0.2, 0.25) is 5.02 Å². The fourth-order valence-corrected chi connectivity index (χ4v) is 3.98. The summed E-state index contributed by atoms with van der Waals surface area (Å²) in [4.78, 5) is 24.0. The Hall–Kier alpha value is -3.51. The van der Waals surface area contributed by atoms with Crippen molar-refractivity contribution in [3.8, 4) is 17.2 Å². The lowest BCUT2D eigenvalue weighted by Crippen LogP contribution is -2.27. The SMILES string of the molecule is C[C@H](CNC(=O)c1ccc(Oc2cc3c(cc2Cl)C(C(=O)O)CCO3)cc1)c1ccccc1. The highest BCUT2D eigenvalue weighted by Gasteiger charge is 2.29. The lowest BCUT2D eigenvalue weighted by molar-refractivity contribution is -0.139. The molecule has 1 unspecified atom stereocenters. The lowest BCUT2D eigenvalue weighted by Gasteiger charge is -2.24. The van der Waals surface area contributed by atoms with Gasteiger partial charge in [0, 0.05) is 23.7 Å². The average Bonchev–Trinajstić information content (AvgIpc) is 2.83. The first-order valence-corrected chi connectivity index (χ1v) is 11.1. The molecule has 1 aliphatic heterocycles. The first kappa shape index (κ1) is 22.7. The van der Waals surface area contributed by atoms with Crippen LogP contribution < -0.4 is 14.8 Å². The standard InChI is InChI=1S/C26H24ClNO5/c1-16(17-5-3-2-4-6-17)15-28-25(29)18-7-9-19(10-8-18)33-24-14-23-21(13-22(24)27)20(26(30)31)11-12-32-23/h2-10,13-14,16,20H,11-12,15H2,1H3,(H,28,29)(H,30,31)/t16-,20?/m1/s1. The predicted molar refractivity (Wildman–Crippen MR) is 126 cm³/mol. The minimum Gasteiger partial charge on any atom is -0.493 e. The smallest absolute Gasteiger partial charge is 0.311 e. The highest BCUT2D eigenvalue weighted by atomic mass is 35.5. The van der Waals surface area contributed by atoms with Gasteiger partial charge in [-0.05, 0) is 48.2 Å². The fraction of sp³-hybridized carbons (Fsp3) is 0.231. The third-order valence-electron chi connectivity index (χ3n) is 5.68. The Labute approximate surface area is 197 Å². The summed E-state index contributed by atoms with van der Waals surface area (Å²) in [5.41, 5.74) is 2.23. The van der Waals surface area contributed by atoms with Crippen LogP contribution in [0.1, 0.15) is 46.7 Å². The molecular weight excluding hydrogens is 442 g/mol. The van der Waals surface area contributed by atoms with Crippen LogP contribution >= 0.6 is 11.6 Å². The van der Waals surface area contributed by atoms with Gasteiger partial charge in [-0.3, -0.25) is 9.59 Å². The van der Waals surface area contributed by atoms with Gasteiger partial charge in [0.1, 0.15) is 17.2 Å². The van der Waals surface area contributed by atoms with Gasteiger partial charge in [0.25, 0.3) is 5.91 Å². The minimum atomic E-state index is -0.906. The van der Waals surface area contributed by atoms with Gasteiger partial charge in [0.2, 0.25) is 0 Å². The molecule has 2 atom stereocenters. The molecule has 3 aromatic rings. The Bertz CT molecular complexity index is 1150. The number of carboxylic acid groups (broad SMARTS) is 1. The third-order valence-corrected chi connectivity index (χ3v) is 5.98. The zero-order valence-electron chi connectivity index (χ0n) is 18.1. The highest BCUT2D eigenvalue weighted by molar-refractivity contribution is 6.32. The number of carbonyl (C=O) groups is 2. The van der Waals surface area contributed by atoms with Gasteiger partial charge in [-0.15, -0.1) is 0 Å². The number of halogens is 1. The summed E-state index contributed by atoms with van der Waals surface area (Å²) in [6.07, 6.45) is 0.395. The zero-order valence-corrected chi connectivity index (χ0v) is 18.8. The number of hydrogen-bond acceptors (Lipinski definition) is 4. The maximum atomic E-state index is 12.5. The maximum absolute atomic E-state index is 12.5. The van der Waals surface area contributed by atoms with Crippen molar-refractivity contribution in [2.45, 2.75) is 25.2 Å². The summed E-state index contributed by atoms with van der Waals surface area (Å²) >= 11 is 6.35. The normalized spacial score (nSPS) is 15.6. The molecule has 7 heteroatoms. The van der Waals surface area contributed by atoms with Crippen LogP contribution in [0.5, 0.6) is 17.2 Å². The first-order chi connectivity index (χ1) is 15.9. The molecule has 33 heavy (non-hydrogen) atoms. The van der Waals surface area contributed by atoms with E-state index in [0.29, 0.717) is 53.0 Å². The van der Waals surface area contributed by atoms with Gasteiger partial charge in [-0.25, -0.2) is 0 Å². The van der Waals surface area contributed by atoms with Crippen molar-refractivity contribution in [3.05, 3.63) is 88.4 Å². The number of amides is 1. The maximum Gasteiger partial charge on any atom is 0.311 e. The molecule has 1 heterocycles. The van der Waals surface area contributed by atoms with Crippen molar-refractivity contribution in [2.24, 2.45) is 0 Å². The van der Waals surface area contributed by atoms with Crippen LogP contribution in [-0.2, 0) is 4.79 Å². The number of hydrogen-bond donors (Lipinski definition) is 2. The Morgan fingerprint density at radius 1 is 1.15 bits per heavy atom. The topological polar surface area (TPSA) is 84.9 Å². The van der Waals surface area contributed by atoms with E-state index in [0.717, 1.165) is 0 Å². The first-order valence-electron chi connectivity index (χ1n) is 10.7. The van der Waals surface area contributed by atoms with Gasteiger partial charge in [-0.2, -0.15) is 0 Å². The fourth-order valence-electron chi connectivity index (χ4n) is 3.77. The van der Waals surface area contributed by atoms with Gasteiger partial charge in [0.15, 0.2) is 0 Å². The van der Waals surface area contributed by atoms with Crippen molar-refractivity contribution < 1.29 is 24.2 Å². The van der Waals surface area contributed by atoms with E-state index in [1.54, 1.807) is 36.4 Å². The molecule has 0 saturated heterocycles. The third kappa shape index (κ3) is 5.29. The Kier molecular flexibility index (Phi) is 6.84. The summed E-state index contributed by atoms with van der Waals surface area (Å²) < 4.78 is 11.5. The summed E-state index contributed by atoms with van der Waals surface area (Å²) in [5.74, 6) is -0.210. The molecule has 0 radical (unpaired) electrons. The van der Waals surface area contributed by atoms with Crippen LogP contribution in [0.25, 0.3) is 0 Å². The molecule has 0 aromatic heterocycles. The molecule has 0 bridgehead atoms. The van der Waals surface area contributed by atoms with E-state index in [9.17, 15) is 14.7 Å². The molecule has 1 aliphatic rings. The lowest BCUT2D eigenvalue weighted by atomic mass is 9.93. The molecular formula is C26H24ClNO5. The molecule has 170 valence electrons. The van der Waals surface area contributed by atoms with Crippen LogP contribution in [0.4, 0.5) is 0 Å². The van der Waals surface area contributed by atoms with Crippen molar-refractivity contribution in [1.29, 1.82) is 0 Å². The molecule has 0 aliphatic carbocycles. The zero-order chi connectivity index (χ0) is 23.4. The molecule has 0 fully saturated rings. The predicted octanol–water partition coefficient (Wildman–Crippen LogP) is 5.62. The number of carbonyl (C=O) groups excluding carboxylic acids is 1. The second kappa shape index (κ2) is 9.96. The number of ether oxygens (including phenoxy) is 2. The van der Waals surface area contributed by atoms with Crippen LogP contribution in [-0.4, -0.2) is 30.1 Å². The summed E-state index contributed by atoms with van der Waals surface area (Å²) in [5, 5.41) is 12.7. The van der Waals surface area contributed by atoms with Crippen LogP contribution in [0, 0.1) is 0 Å². The van der Waals surface area contributed by atoms with Gasteiger partial charge in [0.05, 0.1) is 17.5 Å². The molecule has 4 rings (SSSR count). The second-order valence-electron chi connectivity index (χ2n) is 8.00. The Morgan fingerprint density at radius 2 is 1.88 bits per heavy atom. The second-order valence-corrected chi connectivity index (χ2v) is 8.40. The largest absolute Gasteiger partial charge is 0.493 e. The van der Waals surface area contributed by atoms with E-state index in [-0.39, 0.29) is 11.8 Å². The number of carboxylic acids is 1. The quantitative estimate of drug-likeness (QED) is 0.473. The van der Waals surface area contributed by atoms with E-state index < -0.39 is 11.9 Å². The van der Waals surface area contributed by atoms with Crippen LogP contribution in [0.3, 0.4) is 0 Å². The number of nitrogens with one attached hydrogen (secondary N) is 1. The number of rotatable bonds is 7. The molecule has 0 saturated carbocycles. The number of fused-ring (bicyclic) bond motifs is 1. The van der Waals surface area contributed by atoms with Crippen molar-refractivity contribution in [1.82, 2.24) is 5.32 Å². The van der Waals surface area contributed by atoms with E-state index in [1.165, 1.54) is 5.56 Å². The molecule has 3 aromatic carbocycles. The van der Waals surface area contributed by atoms with E-state index >= 15 is 0 Å². The van der Waals surface area contributed by atoms with Crippen molar-refractivity contribution in [2.75, 3.05) is 13.2 Å². The summed E-state index contributed by atoms with van der Waals surface area (Å²) in [6, 6.07) is 20.0. The molecule has 6 nitrogen and oxygen atoms in total. The van der Waals surface area contributed by atoms with E-state index in [4.69, 9.17) is 21.1 Å². The van der Waals surface area contributed by atoms with Gasteiger partial charge >= 0.3 is 5.97 Å². The summed E-state index contributed by atoms with van der Waals surface area (Å²) in [7, 11) is 0. The summed E-state index contributed by atoms with van der Waals surface area (Å²) in [6.45, 7) is 2.91.